The van der Waals surface area contributed by atoms with E-state index in [0.29, 0.717) is 35.6 Å². The van der Waals surface area contributed by atoms with Crippen LogP contribution in [0.5, 0.6) is 0 Å². The SMILES string of the molecule is COCc1cc(C)nc2c(C(=O)NC3C4CC5CC3CC(O)(C5)C4)cnn12. The Morgan fingerprint density at radius 3 is 2.78 bits per heavy atom. The van der Waals surface area contributed by atoms with Gasteiger partial charge in [-0.2, -0.15) is 5.10 Å². The normalized spacial score (nSPS) is 34.3. The van der Waals surface area contributed by atoms with Crippen LogP contribution in [0.15, 0.2) is 12.3 Å². The summed E-state index contributed by atoms with van der Waals surface area (Å²) in [5.74, 6) is 1.27. The molecule has 27 heavy (non-hydrogen) atoms. The fourth-order valence-electron chi connectivity index (χ4n) is 6.02. The maximum Gasteiger partial charge on any atom is 0.257 e. The van der Waals surface area contributed by atoms with Crippen LogP contribution >= 0.6 is 0 Å². The van der Waals surface area contributed by atoms with Crippen molar-refractivity contribution in [2.45, 2.75) is 57.3 Å². The summed E-state index contributed by atoms with van der Waals surface area (Å²) in [6, 6.07) is 2.07. The van der Waals surface area contributed by atoms with Crippen LogP contribution in [0.3, 0.4) is 0 Å². The van der Waals surface area contributed by atoms with E-state index in [1.807, 2.05) is 13.0 Å². The highest BCUT2D eigenvalue weighted by molar-refractivity contribution is 5.99. The number of aryl methyl sites for hydroxylation is 1. The first-order valence-electron chi connectivity index (χ1n) is 9.82. The van der Waals surface area contributed by atoms with E-state index in [0.717, 1.165) is 43.5 Å². The van der Waals surface area contributed by atoms with Crippen LogP contribution < -0.4 is 5.32 Å². The van der Waals surface area contributed by atoms with E-state index in [9.17, 15) is 9.90 Å². The van der Waals surface area contributed by atoms with Gasteiger partial charge in [-0.1, -0.05) is 0 Å². The molecule has 0 saturated heterocycles. The molecule has 2 unspecified atom stereocenters. The highest BCUT2D eigenvalue weighted by Gasteiger charge is 2.55. The molecule has 2 heterocycles. The number of rotatable bonds is 4. The van der Waals surface area contributed by atoms with Crippen molar-refractivity contribution < 1.29 is 14.6 Å². The largest absolute Gasteiger partial charge is 0.390 e. The number of nitrogens with one attached hydrogen (secondary N) is 1. The number of carbonyl (C=O) groups is 1. The van der Waals surface area contributed by atoms with Crippen LogP contribution in [0.25, 0.3) is 5.65 Å². The fourth-order valence-corrected chi connectivity index (χ4v) is 6.02. The number of fused-ring (bicyclic) bond motifs is 1. The van der Waals surface area contributed by atoms with Gasteiger partial charge in [0.05, 0.1) is 24.1 Å². The van der Waals surface area contributed by atoms with Crippen molar-refractivity contribution in [3.05, 3.63) is 29.2 Å². The zero-order valence-corrected chi connectivity index (χ0v) is 15.8. The average molecular weight is 370 g/mol. The Balaban J connectivity index is 1.42. The zero-order valence-electron chi connectivity index (χ0n) is 15.8. The number of ether oxygens (including phenoxy) is 1. The lowest BCUT2D eigenvalue weighted by molar-refractivity contribution is -0.136. The van der Waals surface area contributed by atoms with E-state index < -0.39 is 5.60 Å². The lowest BCUT2D eigenvalue weighted by Crippen LogP contribution is -2.61. The second-order valence-corrected chi connectivity index (χ2v) is 8.81. The summed E-state index contributed by atoms with van der Waals surface area (Å²) in [6.07, 6.45) is 6.41. The number of aliphatic hydroxyl groups is 1. The fraction of sp³-hybridized carbons (Fsp3) is 0.650. The van der Waals surface area contributed by atoms with Gasteiger partial charge in [-0.3, -0.25) is 4.79 Å². The van der Waals surface area contributed by atoms with Crippen molar-refractivity contribution >= 4 is 11.6 Å². The van der Waals surface area contributed by atoms with Crippen molar-refractivity contribution in [2.75, 3.05) is 7.11 Å². The minimum atomic E-state index is -0.490. The maximum absolute atomic E-state index is 13.1. The molecule has 4 bridgehead atoms. The van der Waals surface area contributed by atoms with Gasteiger partial charge < -0.3 is 15.2 Å². The molecule has 2 aromatic rings. The van der Waals surface area contributed by atoms with Crippen molar-refractivity contribution in [3.8, 4) is 0 Å². The summed E-state index contributed by atoms with van der Waals surface area (Å²) in [5, 5.41) is 18.4. The molecule has 4 aliphatic rings. The van der Waals surface area contributed by atoms with Gasteiger partial charge in [-0.15, -0.1) is 0 Å². The van der Waals surface area contributed by atoms with Gasteiger partial charge in [0.15, 0.2) is 5.65 Å². The Labute approximate surface area is 158 Å². The molecular weight excluding hydrogens is 344 g/mol. The first-order valence-corrected chi connectivity index (χ1v) is 9.82. The van der Waals surface area contributed by atoms with Gasteiger partial charge in [-0.25, -0.2) is 9.50 Å². The van der Waals surface area contributed by atoms with Crippen LogP contribution in [0.2, 0.25) is 0 Å². The number of methoxy groups -OCH3 is 1. The van der Waals surface area contributed by atoms with Gasteiger partial charge >= 0.3 is 0 Å². The Morgan fingerprint density at radius 2 is 2.11 bits per heavy atom. The molecule has 6 rings (SSSR count). The molecule has 1 amide bonds. The van der Waals surface area contributed by atoms with Crippen molar-refractivity contribution in [1.29, 1.82) is 0 Å². The maximum atomic E-state index is 13.1. The number of hydrogen-bond donors (Lipinski definition) is 2. The number of hydrogen-bond acceptors (Lipinski definition) is 5. The summed E-state index contributed by atoms with van der Waals surface area (Å²) in [4.78, 5) is 17.6. The molecule has 0 radical (unpaired) electrons. The predicted octanol–water partition coefficient (Wildman–Crippen LogP) is 1.85. The zero-order chi connectivity index (χ0) is 18.8. The highest BCUT2D eigenvalue weighted by atomic mass is 16.5. The molecule has 2 atom stereocenters. The second-order valence-electron chi connectivity index (χ2n) is 8.81. The number of carbonyl (C=O) groups excluding carboxylic acids is 1. The third-order valence-corrected chi connectivity index (χ3v) is 6.75. The summed E-state index contributed by atoms with van der Waals surface area (Å²) in [7, 11) is 1.64. The summed E-state index contributed by atoms with van der Waals surface area (Å²) < 4.78 is 6.93. The minimum absolute atomic E-state index is 0.115. The van der Waals surface area contributed by atoms with Crippen LogP contribution in [-0.2, 0) is 11.3 Å². The topological polar surface area (TPSA) is 88.8 Å². The summed E-state index contributed by atoms with van der Waals surface area (Å²) >= 11 is 0. The van der Waals surface area contributed by atoms with Crippen molar-refractivity contribution in [3.63, 3.8) is 0 Å². The van der Waals surface area contributed by atoms with E-state index in [1.165, 1.54) is 0 Å². The Bertz CT molecular complexity index is 892. The average Bonchev–Trinajstić information content (AvgIpc) is 3.00. The van der Waals surface area contributed by atoms with Gasteiger partial charge in [0, 0.05) is 18.8 Å². The third kappa shape index (κ3) is 2.75. The lowest BCUT2D eigenvalue weighted by Gasteiger charge is -2.58. The van der Waals surface area contributed by atoms with Crippen molar-refractivity contribution in [1.82, 2.24) is 19.9 Å². The van der Waals surface area contributed by atoms with E-state index >= 15 is 0 Å². The third-order valence-electron chi connectivity index (χ3n) is 6.75. The van der Waals surface area contributed by atoms with E-state index in [1.54, 1.807) is 17.8 Å². The molecule has 4 fully saturated rings. The van der Waals surface area contributed by atoms with Crippen LogP contribution in [0, 0.1) is 24.7 Å². The van der Waals surface area contributed by atoms with E-state index in [-0.39, 0.29) is 11.9 Å². The summed E-state index contributed by atoms with van der Waals surface area (Å²) in [5.41, 5.74) is 2.29. The highest BCUT2D eigenvalue weighted by Crippen LogP contribution is 2.55. The van der Waals surface area contributed by atoms with Gasteiger partial charge in [0.1, 0.15) is 5.56 Å². The van der Waals surface area contributed by atoms with Crippen LogP contribution in [0.1, 0.15) is 53.8 Å². The molecular formula is C20H26N4O3. The minimum Gasteiger partial charge on any atom is -0.390 e. The standard InChI is InChI=1S/C20H26N4O3/c1-11-3-15(10-27-2)24-18(22-11)16(9-21-24)19(25)23-17-13-4-12-5-14(17)8-20(26,6-12)7-13/h3,9,12-14,17,26H,4-8,10H2,1-2H3,(H,23,25). The molecule has 7 nitrogen and oxygen atoms in total. The molecule has 0 spiro atoms. The Morgan fingerprint density at radius 1 is 1.37 bits per heavy atom. The molecule has 2 N–H and O–H groups in total. The second kappa shape index (κ2) is 6.01. The molecule has 2 aromatic heterocycles. The van der Waals surface area contributed by atoms with E-state index in [4.69, 9.17) is 4.74 Å². The molecule has 0 aliphatic heterocycles. The summed E-state index contributed by atoms with van der Waals surface area (Å²) in [6.45, 7) is 2.32. The monoisotopic (exact) mass is 370 g/mol. The number of aromatic nitrogens is 3. The Hall–Kier alpha value is -1.99. The first kappa shape index (κ1) is 17.1. The quantitative estimate of drug-likeness (QED) is 0.857. The molecule has 144 valence electrons. The first-order chi connectivity index (χ1) is 13.0. The predicted molar refractivity (Wildman–Crippen MR) is 98.2 cm³/mol. The van der Waals surface area contributed by atoms with Crippen LogP contribution in [-0.4, -0.2) is 44.4 Å². The van der Waals surface area contributed by atoms with Gasteiger partial charge in [-0.05, 0) is 62.8 Å². The number of nitrogens with zero attached hydrogens (tertiary/aromatic N) is 3. The molecule has 0 aromatic carbocycles. The van der Waals surface area contributed by atoms with Crippen molar-refractivity contribution in [2.24, 2.45) is 17.8 Å². The van der Waals surface area contributed by atoms with Crippen LogP contribution in [0.4, 0.5) is 0 Å². The molecule has 7 heteroatoms. The number of amides is 1. The van der Waals surface area contributed by atoms with Gasteiger partial charge in [0.2, 0.25) is 0 Å². The lowest BCUT2D eigenvalue weighted by atomic mass is 9.52. The molecule has 4 aliphatic carbocycles. The smallest absolute Gasteiger partial charge is 0.257 e. The Kier molecular flexibility index (Phi) is 3.81. The molecule has 4 saturated carbocycles. The van der Waals surface area contributed by atoms with Gasteiger partial charge in [0.25, 0.3) is 5.91 Å². The van der Waals surface area contributed by atoms with E-state index in [2.05, 4.69) is 15.4 Å².